The fraction of sp³-hybridized carbons (Fsp3) is 0.440. The minimum absolute atomic E-state index is 0.308. The molecule has 3 aromatic rings. The largest absolute Gasteiger partial charge is 0.371 e. The lowest BCUT2D eigenvalue weighted by atomic mass is 10.1. The van der Waals surface area contributed by atoms with Crippen molar-refractivity contribution in [2.75, 3.05) is 28.6 Å². The molecule has 8 nitrogen and oxygen atoms in total. The van der Waals surface area contributed by atoms with E-state index in [-0.39, 0.29) is 11.6 Å². The number of pyridine rings is 1. The molecule has 8 heteroatoms. The zero-order valence-corrected chi connectivity index (χ0v) is 20.5. The second-order valence-corrected chi connectivity index (χ2v) is 9.25. The van der Waals surface area contributed by atoms with E-state index in [1.165, 1.54) is 11.3 Å². The average Bonchev–Trinajstić information content (AvgIpc) is 2.72. The molecule has 176 valence electrons. The summed E-state index contributed by atoms with van der Waals surface area (Å²) in [5.74, 6) is 0.887. The van der Waals surface area contributed by atoms with Gasteiger partial charge in [-0.05, 0) is 76.4 Å². The lowest BCUT2D eigenvalue weighted by molar-refractivity contribution is 0.243. The lowest BCUT2D eigenvalue weighted by Gasteiger charge is -2.26. The monoisotopic (exact) mass is 449 g/mol. The van der Waals surface area contributed by atoms with Gasteiger partial charge in [-0.3, -0.25) is 5.32 Å². The Morgan fingerprint density at radius 1 is 1.03 bits per heavy atom. The van der Waals surface area contributed by atoms with Crippen molar-refractivity contribution in [3.8, 4) is 0 Å². The number of amides is 2. The Morgan fingerprint density at radius 3 is 2.39 bits per heavy atom. The highest BCUT2D eigenvalue weighted by Crippen LogP contribution is 2.26. The van der Waals surface area contributed by atoms with Gasteiger partial charge in [-0.15, -0.1) is 0 Å². The summed E-state index contributed by atoms with van der Waals surface area (Å²) in [6.07, 6.45) is 3.96. The van der Waals surface area contributed by atoms with Gasteiger partial charge in [0.2, 0.25) is 5.95 Å². The third-order valence-electron chi connectivity index (χ3n) is 4.95. The number of benzene rings is 1. The fourth-order valence-electron chi connectivity index (χ4n) is 3.64. The van der Waals surface area contributed by atoms with Gasteiger partial charge >= 0.3 is 6.03 Å². The quantitative estimate of drug-likeness (QED) is 0.413. The number of hydrogen-bond acceptors (Lipinski definition) is 6. The standard InChI is InChI=1S/C25H35N7O/c1-7-13-32(14-8-2)20-11-10-19(15-17(20)3)27-23-26-16-18-9-12-21(28-22(18)30-23)29-24(33)31-25(4,5)6/h9-12,15-16H,7-8,13-14H2,1-6H3,(H3,26,27,28,29,30,31,33). The van der Waals surface area contributed by atoms with Crippen molar-refractivity contribution in [1.82, 2.24) is 20.3 Å². The number of nitrogens with zero attached hydrogens (tertiary/aromatic N) is 4. The molecule has 2 heterocycles. The number of rotatable bonds is 8. The van der Waals surface area contributed by atoms with Crippen molar-refractivity contribution >= 4 is 40.2 Å². The molecule has 0 unspecified atom stereocenters. The Hall–Kier alpha value is -3.42. The lowest BCUT2D eigenvalue weighted by Crippen LogP contribution is -2.43. The number of nitrogens with one attached hydrogen (secondary N) is 3. The molecule has 0 aliphatic rings. The summed E-state index contributed by atoms with van der Waals surface area (Å²) < 4.78 is 0. The fourth-order valence-corrected chi connectivity index (χ4v) is 3.64. The zero-order chi connectivity index (χ0) is 24.0. The van der Waals surface area contributed by atoms with Crippen LogP contribution in [0.1, 0.15) is 53.0 Å². The maximum absolute atomic E-state index is 12.2. The molecule has 0 atom stereocenters. The minimum atomic E-state index is -0.335. The second-order valence-electron chi connectivity index (χ2n) is 9.25. The number of urea groups is 1. The van der Waals surface area contributed by atoms with Gasteiger partial charge in [0, 0.05) is 41.6 Å². The summed E-state index contributed by atoms with van der Waals surface area (Å²) >= 11 is 0. The Bertz CT molecular complexity index is 1100. The van der Waals surface area contributed by atoms with Gasteiger partial charge in [-0.1, -0.05) is 13.8 Å². The molecular weight excluding hydrogens is 414 g/mol. The predicted molar refractivity (Wildman–Crippen MR) is 136 cm³/mol. The number of anilines is 4. The van der Waals surface area contributed by atoms with Crippen LogP contribution in [0.4, 0.5) is 27.9 Å². The zero-order valence-electron chi connectivity index (χ0n) is 20.5. The van der Waals surface area contributed by atoms with E-state index in [9.17, 15) is 4.79 Å². The number of aryl methyl sites for hydroxylation is 1. The van der Waals surface area contributed by atoms with Crippen molar-refractivity contribution in [2.24, 2.45) is 0 Å². The summed E-state index contributed by atoms with van der Waals surface area (Å²) in [5, 5.41) is 9.69. The molecule has 2 amide bonds. The number of carbonyl (C=O) groups is 1. The third kappa shape index (κ3) is 6.78. The molecule has 33 heavy (non-hydrogen) atoms. The highest BCUT2D eigenvalue weighted by Gasteiger charge is 2.14. The molecule has 1 aromatic carbocycles. The first-order valence-electron chi connectivity index (χ1n) is 11.5. The molecule has 3 N–H and O–H groups in total. The maximum atomic E-state index is 12.2. The second kappa shape index (κ2) is 10.5. The molecule has 0 aliphatic carbocycles. The van der Waals surface area contributed by atoms with Crippen LogP contribution in [0, 0.1) is 6.92 Å². The Balaban J connectivity index is 1.77. The summed E-state index contributed by atoms with van der Waals surface area (Å²) in [7, 11) is 0. The molecule has 0 aliphatic heterocycles. The van der Waals surface area contributed by atoms with E-state index in [2.05, 4.69) is 74.8 Å². The first-order valence-corrected chi connectivity index (χ1v) is 11.5. The SMILES string of the molecule is CCCN(CCC)c1ccc(Nc2ncc3ccc(NC(=O)NC(C)(C)C)nc3n2)cc1C. The van der Waals surface area contributed by atoms with Crippen LogP contribution in [0.5, 0.6) is 0 Å². The van der Waals surface area contributed by atoms with E-state index >= 15 is 0 Å². The van der Waals surface area contributed by atoms with E-state index in [4.69, 9.17) is 0 Å². The van der Waals surface area contributed by atoms with E-state index in [0.29, 0.717) is 17.4 Å². The van der Waals surface area contributed by atoms with Crippen LogP contribution in [0.2, 0.25) is 0 Å². The van der Waals surface area contributed by atoms with Crippen LogP contribution in [0.15, 0.2) is 36.5 Å². The van der Waals surface area contributed by atoms with Gasteiger partial charge in [0.1, 0.15) is 5.82 Å². The molecule has 0 fully saturated rings. The summed E-state index contributed by atoms with van der Waals surface area (Å²) in [5.41, 5.74) is 3.55. The van der Waals surface area contributed by atoms with Crippen molar-refractivity contribution < 1.29 is 4.79 Å². The molecule has 0 radical (unpaired) electrons. The van der Waals surface area contributed by atoms with Crippen LogP contribution >= 0.6 is 0 Å². The van der Waals surface area contributed by atoms with E-state index in [1.54, 1.807) is 12.3 Å². The highest BCUT2D eigenvalue weighted by atomic mass is 16.2. The van der Waals surface area contributed by atoms with Crippen LogP contribution in [0.3, 0.4) is 0 Å². The number of aromatic nitrogens is 3. The average molecular weight is 450 g/mol. The minimum Gasteiger partial charge on any atom is -0.371 e. The van der Waals surface area contributed by atoms with Gasteiger partial charge in [0.05, 0.1) is 0 Å². The first kappa shape index (κ1) is 24.2. The molecule has 0 bridgehead atoms. The molecule has 3 rings (SSSR count). The highest BCUT2D eigenvalue weighted by molar-refractivity contribution is 5.90. The van der Waals surface area contributed by atoms with Crippen LogP contribution < -0.4 is 20.9 Å². The van der Waals surface area contributed by atoms with Crippen LogP contribution in [0.25, 0.3) is 11.0 Å². The molecule has 0 spiro atoms. The van der Waals surface area contributed by atoms with E-state index < -0.39 is 0 Å². The normalized spacial score (nSPS) is 11.3. The van der Waals surface area contributed by atoms with Gasteiger partial charge in [0.15, 0.2) is 5.65 Å². The van der Waals surface area contributed by atoms with Gasteiger partial charge < -0.3 is 15.5 Å². The molecule has 2 aromatic heterocycles. The van der Waals surface area contributed by atoms with Crippen LogP contribution in [-0.2, 0) is 0 Å². The van der Waals surface area contributed by atoms with Crippen molar-refractivity contribution in [3.63, 3.8) is 0 Å². The number of fused-ring (bicyclic) bond motifs is 1. The van der Waals surface area contributed by atoms with Gasteiger partial charge in [-0.2, -0.15) is 4.98 Å². The Kier molecular flexibility index (Phi) is 7.68. The smallest absolute Gasteiger partial charge is 0.320 e. The van der Waals surface area contributed by atoms with E-state index in [1.807, 2.05) is 26.8 Å². The van der Waals surface area contributed by atoms with Crippen LogP contribution in [-0.4, -0.2) is 39.6 Å². The van der Waals surface area contributed by atoms with Gasteiger partial charge in [0.25, 0.3) is 0 Å². The first-order chi connectivity index (χ1) is 15.7. The van der Waals surface area contributed by atoms with Gasteiger partial charge in [-0.25, -0.2) is 14.8 Å². The van der Waals surface area contributed by atoms with E-state index in [0.717, 1.165) is 37.0 Å². The topological polar surface area (TPSA) is 95.1 Å². The van der Waals surface area contributed by atoms with Crippen molar-refractivity contribution in [2.45, 2.75) is 59.9 Å². The Morgan fingerprint density at radius 2 is 1.76 bits per heavy atom. The summed E-state index contributed by atoms with van der Waals surface area (Å²) in [6, 6.07) is 9.59. The maximum Gasteiger partial charge on any atom is 0.320 e. The molecule has 0 saturated carbocycles. The number of carbonyl (C=O) groups excluding carboxylic acids is 1. The summed E-state index contributed by atoms with van der Waals surface area (Å²) in [4.78, 5) is 28.0. The van der Waals surface area contributed by atoms with Crippen molar-refractivity contribution in [1.29, 1.82) is 0 Å². The molecule has 0 saturated heterocycles. The number of hydrogen-bond donors (Lipinski definition) is 3. The molecular formula is C25H35N7O. The summed E-state index contributed by atoms with van der Waals surface area (Å²) in [6.45, 7) is 14.4. The van der Waals surface area contributed by atoms with Crippen molar-refractivity contribution in [3.05, 3.63) is 42.1 Å². The third-order valence-corrected chi connectivity index (χ3v) is 4.95. The Labute approximate surface area is 196 Å². The predicted octanol–water partition coefficient (Wildman–Crippen LogP) is 5.62.